The highest BCUT2D eigenvalue weighted by atomic mass is 16.5. The highest BCUT2D eigenvalue weighted by Crippen LogP contribution is 2.37. The van der Waals surface area contributed by atoms with Crippen molar-refractivity contribution in [2.75, 3.05) is 20.8 Å². The molecule has 1 N–H and O–H groups in total. The van der Waals surface area contributed by atoms with Crippen molar-refractivity contribution in [2.24, 2.45) is 0 Å². The smallest absolute Gasteiger partial charge is 0.165 e. The fraction of sp³-hybridized carbons (Fsp3) is 0.455. The molecule has 2 rings (SSSR count). The lowest BCUT2D eigenvalue weighted by atomic mass is 9.97. The van der Waals surface area contributed by atoms with Gasteiger partial charge in [-0.25, -0.2) is 0 Å². The summed E-state index contributed by atoms with van der Waals surface area (Å²) in [5, 5.41) is 3.35. The number of hydrogen-bond acceptors (Lipinski definition) is 3. The van der Waals surface area contributed by atoms with Crippen LogP contribution in [0.2, 0.25) is 0 Å². The van der Waals surface area contributed by atoms with Gasteiger partial charge in [0, 0.05) is 11.6 Å². The van der Waals surface area contributed by atoms with Gasteiger partial charge in [-0.05, 0) is 19.0 Å². The summed E-state index contributed by atoms with van der Waals surface area (Å²) in [5.41, 5.74) is 1.19. The van der Waals surface area contributed by atoms with Gasteiger partial charge < -0.3 is 14.8 Å². The van der Waals surface area contributed by atoms with E-state index < -0.39 is 0 Å². The summed E-state index contributed by atoms with van der Waals surface area (Å²) in [6.07, 6.45) is 1.17. The van der Waals surface area contributed by atoms with Crippen LogP contribution in [0.5, 0.6) is 11.5 Å². The van der Waals surface area contributed by atoms with Gasteiger partial charge in [0.1, 0.15) is 0 Å². The van der Waals surface area contributed by atoms with Crippen LogP contribution in [0.1, 0.15) is 18.0 Å². The Bertz CT molecular complexity index is 321. The van der Waals surface area contributed by atoms with Crippen molar-refractivity contribution in [3.8, 4) is 11.5 Å². The Balaban J connectivity index is 2.36. The van der Waals surface area contributed by atoms with Crippen LogP contribution in [0.4, 0.5) is 0 Å². The van der Waals surface area contributed by atoms with E-state index in [0.29, 0.717) is 6.04 Å². The number of methoxy groups -OCH3 is 2. The van der Waals surface area contributed by atoms with E-state index in [2.05, 4.69) is 11.4 Å². The highest BCUT2D eigenvalue weighted by Gasteiger charge is 2.23. The Kier molecular flexibility index (Phi) is 2.59. The second-order valence-corrected chi connectivity index (χ2v) is 3.38. The maximum Gasteiger partial charge on any atom is 0.165 e. The molecule has 3 nitrogen and oxygen atoms in total. The van der Waals surface area contributed by atoms with Gasteiger partial charge in [0.25, 0.3) is 0 Å². The van der Waals surface area contributed by atoms with Crippen molar-refractivity contribution in [3.05, 3.63) is 23.8 Å². The molecule has 0 unspecified atom stereocenters. The van der Waals surface area contributed by atoms with Crippen molar-refractivity contribution >= 4 is 0 Å². The van der Waals surface area contributed by atoms with E-state index in [1.54, 1.807) is 14.2 Å². The van der Waals surface area contributed by atoms with Crippen molar-refractivity contribution in [1.82, 2.24) is 5.32 Å². The minimum atomic E-state index is 0.431. The van der Waals surface area contributed by atoms with E-state index in [0.717, 1.165) is 18.0 Å². The van der Waals surface area contributed by atoms with Gasteiger partial charge in [-0.2, -0.15) is 0 Å². The first-order chi connectivity index (χ1) is 6.86. The molecule has 1 aliphatic heterocycles. The Morgan fingerprint density at radius 3 is 2.57 bits per heavy atom. The van der Waals surface area contributed by atoms with Crippen molar-refractivity contribution in [1.29, 1.82) is 0 Å². The number of para-hydroxylation sites is 1. The zero-order valence-electron chi connectivity index (χ0n) is 8.54. The molecule has 1 heterocycles. The molecule has 0 aromatic heterocycles. The summed E-state index contributed by atoms with van der Waals surface area (Å²) in [7, 11) is 3.34. The van der Waals surface area contributed by atoms with Gasteiger partial charge in [-0.15, -0.1) is 0 Å². The molecule has 3 heteroatoms. The van der Waals surface area contributed by atoms with Crippen LogP contribution in [0.3, 0.4) is 0 Å². The third kappa shape index (κ3) is 1.44. The Morgan fingerprint density at radius 1 is 1.29 bits per heavy atom. The second-order valence-electron chi connectivity index (χ2n) is 3.38. The molecule has 0 bridgehead atoms. The number of nitrogens with one attached hydrogen (secondary N) is 1. The van der Waals surface area contributed by atoms with Crippen LogP contribution in [-0.4, -0.2) is 20.8 Å². The van der Waals surface area contributed by atoms with Gasteiger partial charge in [0.05, 0.1) is 14.2 Å². The van der Waals surface area contributed by atoms with Crippen LogP contribution in [0, 0.1) is 0 Å². The predicted molar refractivity (Wildman–Crippen MR) is 54.9 cm³/mol. The minimum Gasteiger partial charge on any atom is -0.493 e. The van der Waals surface area contributed by atoms with E-state index >= 15 is 0 Å². The minimum absolute atomic E-state index is 0.431. The molecule has 1 aromatic rings. The van der Waals surface area contributed by atoms with Gasteiger partial charge in [0.2, 0.25) is 0 Å². The van der Waals surface area contributed by atoms with Crippen LogP contribution in [-0.2, 0) is 0 Å². The third-order valence-corrected chi connectivity index (χ3v) is 2.63. The van der Waals surface area contributed by atoms with Crippen molar-refractivity contribution in [2.45, 2.75) is 12.5 Å². The summed E-state index contributed by atoms with van der Waals surface area (Å²) >= 11 is 0. The van der Waals surface area contributed by atoms with Gasteiger partial charge >= 0.3 is 0 Å². The largest absolute Gasteiger partial charge is 0.493 e. The molecule has 76 valence electrons. The first kappa shape index (κ1) is 9.34. The molecule has 1 fully saturated rings. The fourth-order valence-electron chi connectivity index (χ4n) is 1.74. The molecule has 0 amide bonds. The monoisotopic (exact) mass is 193 g/mol. The van der Waals surface area contributed by atoms with Gasteiger partial charge in [-0.1, -0.05) is 12.1 Å². The topological polar surface area (TPSA) is 30.5 Å². The van der Waals surface area contributed by atoms with Crippen molar-refractivity contribution < 1.29 is 9.47 Å². The van der Waals surface area contributed by atoms with E-state index in [9.17, 15) is 0 Å². The zero-order valence-corrected chi connectivity index (χ0v) is 8.54. The number of benzene rings is 1. The van der Waals surface area contributed by atoms with E-state index in [1.165, 1.54) is 12.0 Å². The summed E-state index contributed by atoms with van der Waals surface area (Å²) in [6, 6.07) is 6.43. The maximum atomic E-state index is 5.36. The fourth-order valence-corrected chi connectivity index (χ4v) is 1.74. The molecule has 14 heavy (non-hydrogen) atoms. The predicted octanol–water partition coefficient (Wildman–Crippen LogP) is 1.74. The lowest BCUT2D eigenvalue weighted by Crippen LogP contribution is -2.35. The number of ether oxygens (including phenoxy) is 2. The quantitative estimate of drug-likeness (QED) is 0.793. The average molecular weight is 193 g/mol. The van der Waals surface area contributed by atoms with Gasteiger partial charge in [-0.3, -0.25) is 0 Å². The molecule has 1 atom stereocenters. The van der Waals surface area contributed by atoms with Gasteiger partial charge in [0.15, 0.2) is 11.5 Å². The molecule has 1 saturated heterocycles. The first-order valence-electron chi connectivity index (χ1n) is 4.81. The summed E-state index contributed by atoms with van der Waals surface area (Å²) in [5.74, 6) is 1.66. The molecule has 0 spiro atoms. The highest BCUT2D eigenvalue weighted by molar-refractivity contribution is 5.48. The zero-order chi connectivity index (χ0) is 9.97. The first-order valence-corrected chi connectivity index (χ1v) is 4.81. The Hall–Kier alpha value is -1.22. The lowest BCUT2D eigenvalue weighted by Gasteiger charge is -2.29. The standard InChI is InChI=1S/C11H15NO2/c1-13-10-5-3-4-8(11(10)14-2)9-6-7-12-9/h3-5,9,12H,6-7H2,1-2H3/t9-/m0/s1. The Labute approximate surface area is 84.0 Å². The van der Waals surface area contributed by atoms with Crippen LogP contribution in [0.25, 0.3) is 0 Å². The second kappa shape index (κ2) is 3.88. The van der Waals surface area contributed by atoms with Crippen molar-refractivity contribution in [3.63, 3.8) is 0 Å². The third-order valence-electron chi connectivity index (χ3n) is 2.63. The molecular formula is C11H15NO2. The summed E-state index contributed by atoms with van der Waals surface area (Å²) in [6.45, 7) is 1.09. The van der Waals surface area contributed by atoms with Crippen LogP contribution < -0.4 is 14.8 Å². The van der Waals surface area contributed by atoms with E-state index in [4.69, 9.17) is 9.47 Å². The molecule has 0 saturated carbocycles. The summed E-state index contributed by atoms with van der Waals surface area (Å²) in [4.78, 5) is 0. The molecule has 1 aliphatic rings. The SMILES string of the molecule is COc1cccc([C@@H]2CCN2)c1OC. The molecule has 1 aromatic carbocycles. The van der Waals surface area contributed by atoms with Crippen LogP contribution in [0.15, 0.2) is 18.2 Å². The molecular weight excluding hydrogens is 178 g/mol. The Morgan fingerprint density at radius 2 is 2.07 bits per heavy atom. The lowest BCUT2D eigenvalue weighted by molar-refractivity contribution is 0.328. The number of rotatable bonds is 3. The normalized spacial score (nSPS) is 20.0. The number of hydrogen-bond donors (Lipinski definition) is 1. The average Bonchev–Trinajstić information content (AvgIpc) is 2.15. The van der Waals surface area contributed by atoms with E-state index in [-0.39, 0.29) is 0 Å². The van der Waals surface area contributed by atoms with E-state index in [1.807, 2.05) is 12.1 Å². The van der Waals surface area contributed by atoms with Crippen LogP contribution >= 0.6 is 0 Å². The summed E-state index contributed by atoms with van der Waals surface area (Å²) < 4.78 is 10.6. The maximum absolute atomic E-state index is 5.36. The molecule has 0 aliphatic carbocycles. The molecule has 0 radical (unpaired) electrons.